The molecule has 1 nitrogen and oxygen atoms in total. The van der Waals surface area contributed by atoms with E-state index < -0.39 is 5.60 Å². The van der Waals surface area contributed by atoms with Crippen molar-refractivity contribution in [1.29, 1.82) is 0 Å². The van der Waals surface area contributed by atoms with E-state index in [1.54, 1.807) is 0 Å². The lowest BCUT2D eigenvalue weighted by molar-refractivity contribution is 0.0671. The van der Waals surface area contributed by atoms with Gasteiger partial charge in [-0.1, -0.05) is 79.9 Å². The van der Waals surface area contributed by atoms with Crippen LogP contribution in [-0.4, -0.2) is 5.11 Å². The van der Waals surface area contributed by atoms with E-state index in [0.29, 0.717) is 11.4 Å². The molecular weight excluding hydrogens is 548 g/mol. The van der Waals surface area contributed by atoms with Crippen molar-refractivity contribution in [3.63, 3.8) is 0 Å². The van der Waals surface area contributed by atoms with Gasteiger partial charge in [0.05, 0.1) is 0 Å². The second-order valence-electron chi connectivity index (χ2n) is 8.89. The first-order valence-corrected chi connectivity index (χ1v) is 12.8. The van der Waals surface area contributed by atoms with Crippen molar-refractivity contribution in [2.45, 2.75) is 52.1 Å². The summed E-state index contributed by atoms with van der Waals surface area (Å²) < 4.78 is 2.18. The van der Waals surface area contributed by atoms with Gasteiger partial charge in [0.15, 0.2) is 0 Å². The molecule has 3 aromatic rings. The van der Waals surface area contributed by atoms with Gasteiger partial charge in [-0.3, -0.25) is 0 Å². The van der Waals surface area contributed by atoms with Crippen LogP contribution in [0.1, 0.15) is 57.7 Å². The smallest absolute Gasteiger partial charge is 0.110 e. The third-order valence-electron chi connectivity index (χ3n) is 7.06. The summed E-state index contributed by atoms with van der Waals surface area (Å²) in [4.78, 5) is 0. The van der Waals surface area contributed by atoms with Crippen LogP contribution < -0.4 is 0 Å². The normalized spacial score (nSPS) is 20.9. The number of allylic oxidation sites excluding steroid dienone is 1. The summed E-state index contributed by atoms with van der Waals surface area (Å²) in [5, 5.41) is 12.6. The fraction of sp³-hybridized carbons (Fsp3) is 0.286. The molecule has 0 saturated heterocycles. The largest absolute Gasteiger partial charge is 0.381 e. The maximum atomic E-state index is 12.1. The third-order valence-corrected chi connectivity index (χ3v) is 9.11. The standard InChI is InChI=1S/C28H27Br2ClO/c1-16-17(2)19(4)27(30)26(18(16)3)21-13-20(22-9-5-7-11-24(22)29)14-28(32,15-21)23-10-6-8-12-25(23)31/h5-12,14,21,32H,13,15H2,1-4H3. The lowest BCUT2D eigenvalue weighted by Gasteiger charge is -2.38. The predicted octanol–water partition coefficient (Wildman–Crippen LogP) is 8.95. The molecule has 32 heavy (non-hydrogen) atoms. The SMILES string of the molecule is Cc1c(C)c(C)c(C2CC(c3ccccc3Br)=CC(O)(c3ccccc3Cl)C2)c(Br)c1C. The zero-order chi connectivity index (χ0) is 23.2. The maximum Gasteiger partial charge on any atom is 0.110 e. The van der Waals surface area contributed by atoms with Crippen LogP contribution in [-0.2, 0) is 5.60 Å². The highest BCUT2D eigenvalue weighted by Gasteiger charge is 2.39. The molecule has 1 aliphatic rings. The van der Waals surface area contributed by atoms with Crippen molar-refractivity contribution in [3.05, 3.63) is 108 Å². The molecule has 0 radical (unpaired) electrons. The molecule has 166 valence electrons. The lowest BCUT2D eigenvalue weighted by atomic mass is 9.70. The van der Waals surface area contributed by atoms with Crippen LogP contribution in [0.3, 0.4) is 0 Å². The fourth-order valence-corrected chi connectivity index (χ4v) is 6.77. The highest BCUT2D eigenvalue weighted by atomic mass is 79.9. The van der Waals surface area contributed by atoms with E-state index in [1.165, 1.54) is 27.8 Å². The summed E-state index contributed by atoms with van der Waals surface area (Å²) in [6.07, 6.45) is 3.44. The zero-order valence-electron chi connectivity index (χ0n) is 18.8. The molecule has 0 saturated carbocycles. The van der Waals surface area contributed by atoms with Gasteiger partial charge in [-0.25, -0.2) is 0 Å². The molecule has 2 unspecified atom stereocenters. The van der Waals surface area contributed by atoms with Crippen LogP contribution in [0.25, 0.3) is 5.57 Å². The Bertz CT molecular complexity index is 1200. The average Bonchev–Trinajstić information content (AvgIpc) is 2.76. The minimum atomic E-state index is -1.16. The van der Waals surface area contributed by atoms with E-state index in [9.17, 15) is 5.11 Å². The topological polar surface area (TPSA) is 20.2 Å². The maximum absolute atomic E-state index is 12.1. The van der Waals surface area contributed by atoms with Crippen molar-refractivity contribution in [1.82, 2.24) is 0 Å². The van der Waals surface area contributed by atoms with Crippen molar-refractivity contribution in [2.75, 3.05) is 0 Å². The Hall–Kier alpha value is -1.39. The summed E-state index contributed by atoms with van der Waals surface area (Å²) in [6, 6.07) is 15.9. The molecule has 1 N–H and O–H groups in total. The molecule has 0 amide bonds. The van der Waals surface area contributed by atoms with Gasteiger partial charge in [-0.2, -0.15) is 0 Å². The Kier molecular flexibility index (Phi) is 6.76. The third kappa shape index (κ3) is 4.14. The monoisotopic (exact) mass is 572 g/mol. The van der Waals surface area contributed by atoms with Crippen molar-refractivity contribution in [2.24, 2.45) is 0 Å². The first kappa shape index (κ1) is 23.8. The average molecular weight is 575 g/mol. The van der Waals surface area contributed by atoms with Crippen LogP contribution in [0.15, 0.2) is 63.6 Å². The lowest BCUT2D eigenvalue weighted by Crippen LogP contribution is -2.31. The van der Waals surface area contributed by atoms with Gasteiger partial charge in [0.25, 0.3) is 0 Å². The van der Waals surface area contributed by atoms with E-state index in [0.717, 1.165) is 32.1 Å². The summed E-state index contributed by atoms with van der Waals surface area (Å²) in [5.74, 6) is 0.135. The Morgan fingerprint density at radius 1 is 0.875 bits per heavy atom. The number of aliphatic hydroxyl groups is 1. The highest BCUT2D eigenvalue weighted by Crippen LogP contribution is 2.50. The molecule has 0 fully saturated rings. The quantitative estimate of drug-likeness (QED) is 0.331. The first-order valence-electron chi connectivity index (χ1n) is 10.8. The Morgan fingerprint density at radius 3 is 2.19 bits per heavy atom. The predicted molar refractivity (Wildman–Crippen MR) is 143 cm³/mol. The van der Waals surface area contributed by atoms with Gasteiger partial charge >= 0.3 is 0 Å². The summed E-state index contributed by atoms with van der Waals surface area (Å²) in [7, 11) is 0. The summed E-state index contributed by atoms with van der Waals surface area (Å²) in [5.41, 5.74) is 8.30. The Balaban J connectivity index is 1.94. The minimum Gasteiger partial charge on any atom is -0.381 e. The van der Waals surface area contributed by atoms with Gasteiger partial charge in [-0.05, 0) is 104 Å². The number of halogens is 3. The van der Waals surface area contributed by atoms with E-state index >= 15 is 0 Å². The van der Waals surface area contributed by atoms with Gasteiger partial charge in [0.2, 0.25) is 0 Å². The molecule has 0 aliphatic heterocycles. The Labute approximate surface area is 212 Å². The molecule has 2 atom stereocenters. The number of benzene rings is 3. The Morgan fingerprint density at radius 2 is 1.50 bits per heavy atom. The van der Waals surface area contributed by atoms with Crippen LogP contribution in [0.2, 0.25) is 5.02 Å². The van der Waals surface area contributed by atoms with E-state index in [4.69, 9.17) is 11.6 Å². The van der Waals surface area contributed by atoms with Gasteiger partial charge in [0, 0.05) is 19.5 Å². The highest BCUT2D eigenvalue weighted by molar-refractivity contribution is 9.10. The van der Waals surface area contributed by atoms with Gasteiger partial charge in [0.1, 0.15) is 5.60 Å². The van der Waals surface area contributed by atoms with Crippen molar-refractivity contribution >= 4 is 49.0 Å². The van der Waals surface area contributed by atoms with E-state index in [2.05, 4.69) is 71.7 Å². The summed E-state index contributed by atoms with van der Waals surface area (Å²) >= 11 is 14.2. The molecule has 0 spiro atoms. The number of rotatable bonds is 3. The van der Waals surface area contributed by atoms with Crippen LogP contribution in [0, 0.1) is 27.7 Å². The van der Waals surface area contributed by atoms with Crippen LogP contribution in [0.4, 0.5) is 0 Å². The van der Waals surface area contributed by atoms with E-state index in [-0.39, 0.29) is 5.92 Å². The number of hydrogen-bond donors (Lipinski definition) is 1. The molecule has 4 rings (SSSR count). The molecule has 3 aromatic carbocycles. The molecule has 0 bridgehead atoms. The minimum absolute atomic E-state index is 0.135. The fourth-order valence-electron chi connectivity index (χ4n) is 5.01. The zero-order valence-corrected chi connectivity index (χ0v) is 22.7. The first-order chi connectivity index (χ1) is 15.1. The second kappa shape index (κ2) is 9.10. The van der Waals surface area contributed by atoms with Crippen molar-refractivity contribution in [3.8, 4) is 0 Å². The summed E-state index contributed by atoms with van der Waals surface area (Å²) in [6.45, 7) is 8.75. The molecule has 0 aromatic heterocycles. The molecule has 0 heterocycles. The number of hydrogen-bond acceptors (Lipinski definition) is 1. The molecular formula is C28H27Br2ClO. The van der Waals surface area contributed by atoms with E-state index in [1.807, 2.05) is 42.5 Å². The van der Waals surface area contributed by atoms with Gasteiger partial charge in [-0.15, -0.1) is 0 Å². The van der Waals surface area contributed by atoms with Crippen LogP contribution in [0.5, 0.6) is 0 Å². The second-order valence-corrected chi connectivity index (χ2v) is 10.9. The molecule has 1 aliphatic carbocycles. The van der Waals surface area contributed by atoms with Crippen LogP contribution >= 0.6 is 43.5 Å². The van der Waals surface area contributed by atoms with Gasteiger partial charge < -0.3 is 5.11 Å². The molecule has 4 heteroatoms. The van der Waals surface area contributed by atoms with Crippen molar-refractivity contribution < 1.29 is 5.11 Å².